The van der Waals surface area contributed by atoms with Crippen LogP contribution in [-0.4, -0.2) is 0 Å². The van der Waals surface area contributed by atoms with Crippen LogP contribution in [0.3, 0.4) is 0 Å². The second-order valence-electron chi connectivity index (χ2n) is 1.61. The van der Waals surface area contributed by atoms with Crippen molar-refractivity contribution in [2.75, 3.05) is 0 Å². The summed E-state index contributed by atoms with van der Waals surface area (Å²) in [4.78, 5) is 0. The molecule has 0 amide bonds. The number of hydrogen-bond acceptors (Lipinski definition) is 1. The van der Waals surface area contributed by atoms with Gasteiger partial charge < -0.3 is 5.73 Å². The molecule has 0 saturated heterocycles. The Morgan fingerprint density at radius 3 is 2.20 bits per heavy atom. The van der Waals surface area contributed by atoms with Gasteiger partial charge in [0.05, 0.1) is 0 Å². The number of benzene rings is 1. The molecule has 50 valence electrons. The second kappa shape index (κ2) is 7.39. The summed E-state index contributed by atoms with van der Waals surface area (Å²) in [7, 11) is 0. The van der Waals surface area contributed by atoms with Gasteiger partial charge in [0, 0.05) is 0 Å². The predicted molar refractivity (Wildman–Crippen MR) is 42.1 cm³/mol. The quantitative estimate of drug-likeness (QED) is 0.598. The Morgan fingerprint density at radius 1 is 1.40 bits per heavy atom. The van der Waals surface area contributed by atoms with Gasteiger partial charge in [-0.1, -0.05) is 0 Å². The first-order valence-corrected chi connectivity index (χ1v) is 9.80. The van der Waals surface area contributed by atoms with Crippen molar-refractivity contribution in [3.63, 3.8) is 0 Å². The van der Waals surface area contributed by atoms with Crippen molar-refractivity contribution in [2.24, 2.45) is 5.73 Å². The van der Waals surface area contributed by atoms with Gasteiger partial charge in [0.1, 0.15) is 0 Å². The van der Waals surface area contributed by atoms with Crippen molar-refractivity contribution in [2.45, 2.75) is 6.54 Å². The molecule has 0 atom stereocenters. The Bertz CT molecular complexity index is 155. The monoisotopic (exact) mass is 249 g/mol. The van der Waals surface area contributed by atoms with Crippen molar-refractivity contribution in [3.8, 4) is 0 Å². The van der Waals surface area contributed by atoms with E-state index in [-0.39, 0.29) is 0 Å². The summed E-state index contributed by atoms with van der Waals surface area (Å²) in [6, 6.07) is 10.6. The third-order valence-electron chi connectivity index (χ3n) is 1.02. The van der Waals surface area contributed by atoms with Crippen LogP contribution in [0.25, 0.3) is 0 Å². The molecule has 0 aliphatic heterocycles. The fourth-order valence-electron chi connectivity index (χ4n) is 0.557. The first kappa shape index (κ1) is 10.3. The van der Waals surface area contributed by atoms with Crippen molar-refractivity contribution in [3.05, 3.63) is 35.9 Å². The second-order valence-corrected chi connectivity index (χ2v) is 1.61. The molecular weight excluding hydrogens is 243 g/mol. The van der Waals surface area contributed by atoms with Gasteiger partial charge in [-0.25, -0.2) is 0 Å². The zero-order chi connectivity index (χ0) is 7.82. The maximum absolute atomic E-state index is 5.34. The molecule has 0 aromatic heterocycles. The number of halogens is 1. The van der Waals surface area contributed by atoms with E-state index >= 15 is 0 Å². The van der Waals surface area contributed by atoms with Gasteiger partial charge in [0.25, 0.3) is 0 Å². The van der Waals surface area contributed by atoms with Crippen molar-refractivity contribution in [1.29, 1.82) is 0 Å². The van der Waals surface area contributed by atoms with E-state index in [1.807, 2.05) is 24.3 Å². The molecule has 0 aliphatic carbocycles. The van der Waals surface area contributed by atoms with Gasteiger partial charge in [0.15, 0.2) is 0 Å². The van der Waals surface area contributed by atoms with Gasteiger partial charge in [-0.05, 0) is 6.54 Å². The van der Waals surface area contributed by atoms with Gasteiger partial charge in [-0.15, -0.1) is 5.56 Å². The molecular formula is C7H8BrNZn. The zero-order valence-electron chi connectivity index (χ0n) is 5.68. The summed E-state index contributed by atoms with van der Waals surface area (Å²) in [5, 5.41) is 0. The fourth-order valence-corrected chi connectivity index (χ4v) is 0.557. The topological polar surface area (TPSA) is 26.0 Å². The van der Waals surface area contributed by atoms with Crippen LogP contribution < -0.4 is 5.73 Å². The fraction of sp³-hybridized carbons (Fsp3) is 0.143. The standard InChI is InChI=1S/C7H8N.BrH.Zn/c8-6-7-4-2-1-3-5-7;;/h2-5H,6,8H2;1H;/q-1;;+2/p-1. The summed E-state index contributed by atoms with van der Waals surface area (Å²) in [5.41, 5.74) is 6.49. The van der Waals surface area contributed by atoms with E-state index in [0.717, 1.165) is 5.56 Å². The average molecular weight is 251 g/mol. The summed E-state index contributed by atoms with van der Waals surface area (Å²) in [5.74, 6) is 0. The molecule has 2 N–H and O–H groups in total. The first-order chi connectivity index (χ1) is 4.93. The molecule has 0 bridgehead atoms. The molecule has 0 spiro atoms. The van der Waals surface area contributed by atoms with E-state index in [1.165, 1.54) is 16.3 Å². The minimum absolute atomic E-state index is 0.620. The Kier molecular flexibility index (Phi) is 7.60. The third-order valence-corrected chi connectivity index (χ3v) is 1.02. The molecule has 1 nitrogen and oxygen atoms in total. The van der Waals surface area contributed by atoms with Crippen molar-refractivity contribution >= 4 is 13.6 Å². The Labute approximate surface area is 78.0 Å². The van der Waals surface area contributed by atoms with Crippen LogP contribution >= 0.6 is 13.6 Å². The Hall–Kier alpha value is 0.283. The maximum atomic E-state index is 5.34. The molecule has 1 rings (SSSR count). The van der Waals surface area contributed by atoms with Gasteiger partial charge >= 0.3 is 30.0 Å². The Morgan fingerprint density at radius 2 is 1.90 bits per heavy atom. The normalized spacial score (nSPS) is 8.00. The van der Waals surface area contributed by atoms with Crippen LogP contribution in [0.4, 0.5) is 0 Å². The number of rotatable bonds is 1. The van der Waals surface area contributed by atoms with E-state index in [2.05, 4.69) is 19.7 Å². The van der Waals surface area contributed by atoms with Crippen LogP contribution in [0.15, 0.2) is 24.3 Å². The Balaban J connectivity index is 0.000000371. The third kappa shape index (κ3) is 4.16. The van der Waals surface area contributed by atoms with Gasteiger partial charge in [-0.3, -0.25) is 0 Å². The molecule has 3 heteroatoms. The molecule has 0 aliphatic rings. The molecule has 0 fully saturated rings. The average Bonchev–Trinajstić information content (AvgIpc) is 2.10. The van der Waals surface area contributed by atoms with E-state index in [1.54, 1.807) is 0 Å². The SMILES string of the molecule is NCc1cc[c-]cc1.[Zn+][Br]. The van der Waals surface area contributed by atoms with Crippen LogP contribution in [0.5, 0.6) is 0 Å². The number of hydrogen-bond donors (Lipinski definition) is 1. The van der Waals surface area contributed by atoms with E-state index in [9.17, 15) is 0 Å². The first-order valence-electron chi connectivity index (χ1n) is 2.85. The molecule has 0 unspecified atom stereocenters. The summed E-state index contributed by atoms with van der Waals surface area (Å²) in [6.45, 7) is 0.620. The molecule has 0 saturated carbocycles. The van der Waals surface area contributed by atoms with Crippen LogP contribution in [0.1, 0.15) is 5.56 Å². The minimum atomic E-state index is 0.620. The summed E-state index contributed by atoms with van der Waals surface area (Å²) in [6.07, 6.45) is 0. The summed E-state index contributed by atoms with van der Waals surface area (Å²) < 4.78 is 0. The molecule has 10 heavy (non-hydrogen) atoms. The number of nitrogens with two attached hydrogens (primary N) is 1. The van der Waals surface area contributed by atoms with Crippen molar-refractivity contribution in [1.82, 2.24) is 0 Å². The summed E-state index contributed by atoms with van der Waals surface area (Å²) >= 11 is 4.25. The van der Waals surface area contributed by atoms with Crippen LogP contribution in [0.2, 0.25) is 0 Å². The molecule has 0 radical (unpaired) electrons. The predicted octanol–water partition coefficient (Wildman–Crippen LogP) is 1.79. The van der Waals surface area contributed by atoms with E-state index < -0.39 is 0 Å². The zero-order valence-corrected chi connectivity index (χ0v) is 10.2. The molecule has 1 aromatic carbocycles. The van der Waals surface area contributed by atoms with E-state index in [0.29, 0.717) is 6.54 Å². The van der Waals surface area contributed by atoms with Crippen LogP contribution in [0, 0.1) is 6.07 Å². The van der Waals surface area contributed by atoms with E-state index in [4.69, 9.17) is 5.73 Å². The van der Waals surface area contributed by atoms with Gasteiger partial charge in [0.2, 0.25) is 0 Å². The van der Waals surface area contributed by atoms with Crippen molar-refractivity contribution < 1.29 is 16.3 Å². The van der Waals surface area contributed by atoms with Gasteiger partial charge in [-0.2, -0.15) is 30.3 Å². The molecule has 0 heterocycles. The van der Waals surface area contributed by atoms with Crippen LogP contribution in [-0.2, 0) is 22.9 Å². The molecule has 1 aromatic rings.